The zero-order chi connectivity index (χ0) is 14.7. The lowest BCUT2D eigenvalue weighted by Gasteiger charge is -2.27. The lowest BCUT2D eigenvalue weighted by molar-refractivity contribution is 0.466. The second kappa shape index (κ2) is 6.53. The molecule has 2 atom stereocenters. The Hall–Kier alpha value is -1.47. The van der Waals surface area contributed by atoms with Crippen molar-refractivity contribution >= 4 is 11.8 Å². The Morgan fingerprint density at radius 2 is 1.71 bits per heavy atom. The van der Waals surface area contributed by atoms with Gasteiger partial charge in [0.05, 0.1) is 0 Å². The van der Waals surface area contributed by atoms with E-state index in [1.165, 1.54) is 33.8 Å². The Labute approximate surface area is 132 Å². The lowest BCUT2D eigenvalue weighted by atomic mass is 9.80. The zero-order valence-electron chi connectivity index (χ0n) is 12.8. The van der Waals surface area contributed by atoms with E-state index in [4.69, 9.17) is 0 Å². The first kappa shape index (κ1) is 14.5. The van der Waals surface area contributed by atoms with Gasteiger partial charge in [0.2, 0.25) is 0 Å². The second-order valence-corrected chi connectivity index (χ2v) is 7.11. The summed E-state index contributed by atoms with van der Waals surface area (Å²) in [4.78, 5) is 2.75. The van der Waals surface area contributed by atoms with Gasteiger partial charge in [-0.05, 0) is 50.7 Å². The highest BCUT2D eigenvalue weighted by atomic mass is 32.2. The molecule has 1 heteroatoms. The summed E-state index contributed by atoms with van der Waals surface area (Å²) in [5.74, 6) is 1.33. The second-order valence-electron chi connectivity index (χ2n) is 5.99. The topological polar surface area (TPSA) is 0 Å². The summed E-state index contributed by atoms with van der Waals surface area (Å²) in [5, 5.41) is 0. The molecular formula is C20H22S. The van der Waals surface area contributed by atoms with Crippen molar-refractivity contribution in [2.24, 2.45) is 11.8 Å². The van der Waals surface area contributed by atoms with Crippen molar-refractivity contribution in [3.63, 3.8) is 0 Å². The molecule has 0 nitrogen and oxygen atoms in total. The summed E-state index contributed by atoms with van der Waals surface area (Å²) in [5.41, 5.74) is 2.93. The van der Waals surface area contributed by atoms with Crippen LogP contribution >= 0.6 is 11.8 Å². The third kappa shape index (κ3) is 3.59. The maximum Gasteiger partial charge on any atom is 0.0122 e. The van der Waals surface area contributed by atoms with Crippen LogP contribution < -0.4 is 0 Å². The van der Waals surface area contributed by atoms with Gasteiger partial charge in [-0.3, -0.25) is 0 Å². The molecule has 108 valence electrons. The van der Waals surface area contributed by atoms with E-state index in [9.17, 15) is 0 Å². The molecule has 21 heavy (non-hydrogen) atoms. The van der Waals surface area contributed by atoms with Gasteiger partial charge < -0.3 is 0 Å². The minimum absolute atomic E-state index is 0.658. The highest BCUT2D eigenvalue weighted by molar-refractivity contribution is 8.03. The monoisotopic (exact) mass is 294 g/mol. The van der Waals surface area contributed by atoms with Gasteiger partial charge >= 0.3 is 0 Å². The summed E-state index contributed by atoms with van der Waals surface area (Å²) in [6, 6.07) is 10.7. The van der Waals surface area contributed by atoms with Crippen LogP contribution in [0.2, 0.25) is 0 Å². The van der Waals surface area contributed by atoms with Crippen molar-refractivity contribution in [1.29, 1.82) is 0 Å². The van der Waals surface area contributed by atoms with Crippen LogP contribution in [-0.4, -0.2) is 0 Å². The van der Waals surface area contributed by atoms with E-state index in [0.717, 1.165) is 0 Å². The fourth-order valence-corrected chi connectivity index (χ4v) is 3.92. The number of allylic oxidation sites excluding steroid dienone is 7. The van der Waals surface area contributed by atoms with E-state index in [-0.39, 0.29) is 0 Å². The van der Waals surface area contributed by atoms with Crippen molar-refractivity contribution in [3.05, 3.63) is 76.8 Å². The van der Waals surface area contributed by atoms with Crippen LogP contribution in [0, 0.1) is 11.8 Å². The number of hydrogen-bond donors (Lipinski definition) is 0. The van der Waals surface area contributed by atoms with E-state index < -0.39 is 0 Å². The molecule has 0 saturated carbocycles. The number of rotatable bonds is 3. The Bertz CT molecular complexity index is 616. The molecule has 2 unspecified atom stereocenters. The molecule has 0 fully saturated rings. The Morgan fingerprint density at radius 3 is 2.38 bits per heavy atom. The van der Waals surface area contributed by atoms with E-state index in [0.29, 0.717) is 11.8 Å². The maximum absolute atomic E-state index is 2.42. The average molecular weight is 294 g/mol. The molecule has 0 saturated heterocycles. The summed E-state index contributed by atoms with van der Waals surface area (Å²) < 4.78 is 0. The first-order chi connectivity index (χ1) is 10.2. The number of benzene rings is 1. The summed E-state index contributed by atoms with van der Waals surface area (Å²) >= 11 is 1.88. The van der Waals surface area contributed by atoms with Crippen molar-refractivity contribution in [1.82, 2.24) is 0 Å². The molecule has 0 aromatic heterocycles. The molecule has 0 bridgehead atoms. The van der Waals surface area contributed by atoms with Crippen LogP contribution in [0.3, 0.4) is 0 Å². The maximum atomic E-state index is 2.42. The first-order valence-corrected chi connectivity index (χ1v) is 8.50. The van der Waals surface area contributed by atoms with Gasteiger partial charge in [-0.2, -0.15) is 0 Å². The molecule has 0 radical (unpaired) electrons. The number of hydrogen-bond acceptors (Lipinski definition) is 1. The van der Waals surface area contributed by atoms with Gasteiger partial charge in [0.25, 0.3) is 0 Å². The third-order valence-corrected chi connectivity index (χ3v) is 5.51. The Balaban J connectivity index is 1.67. The third-order valence-electron chi connectivity index (χ3n) is 4.30. The van der Waals surface area contributed by atoms with Gasteiger partial charge in [-0.15, -0.1) is 0 Å². The average Bonchev–Trinajstić information content (AvgIpc) is 2.51. The summed E-state index contributed by atoms with van der Waals surface area (Å²) in [7, 11) is 0. The van der Waals surface area contributed by atoms with Crippen LogP contribution in [0.25, 0.3) is 0 Å². The summed E-state index contributed by atoms with van der Waals surface area (Å²) in [6.45, 7) is 4.47. The predicted octanol–water partition coefficient (Wildman–Crippen LogP) is 6.15. The van der Waals surface area contributed by atoms with Crippen molar-refractivity contribution in [3.8, 4) is 0 Å². The van der Waals surface area contributed by atoms with Gasteiger partial charge in [-0.1, -0.05) is 71.5 Å². The lowest BCUT2D eigenvalue weighted by Crippen LogP contribution is -2.14. The van der Waals surface area contributed by atoms with Gasteiger partial charge in [0.1, 0.15) is 0 Å². The quantitative estimate of drug-likeness (QED) is 0.644. The fraction of sp³-hybridized carbons (Fsp3) is 0.300. The standard InChI is InChI=1S/C20H22S/c1-15-8-10-17(11-9-15)18-12-13-20(16(2)14-18)21-19-6-4-3-5-7-19/h3-10,12-13,17-18H,11,14H2,1-2H3. The van der Waals surface area contributed by atoms with Crippen LogP contribution in [0.15, 0.2) is 81.7 Å². The molecule has 0 aliphatic heterocycles. The van der Waals surface area contributed by atoms with Gasteiger partial charge in [0, 0.05) is 9.80 Å². The highest BCUT2D eigenvalue weighted by Gasteiger charge is 2.21. The minimum Gasteiger partial charge on any atom is -0.0902 e. The summed E-state index contributed by atoms with van der Waals surface area (Å²) in [6.07, 6.45) is 14.2. The predicted molar refractivity (Wildman–Crippen MR) is 93.3 cm³/mol. The molecule has 1 aromatic carbocycles. The van der Waals surface area contributed by atoms with Crippen LogP contribution in [-0.2, 0) is 0 Å². The number of thioether (sulfide) groups is 1. The molecule has 0 amide bonds. The van der Waals surface area contributed by atoms with Crippen LogP contribution in [0.5, 0.6) is 0 Å². The minimum atomic E-state index is 0.658. The zero-order valence-corrected chi connectivity index (χ0v) is 13.6. The molecule has 2 aliphatic carbocycles. The Kier molecular flexibility index (Phi) is 4.50. The van der Waals surface area contributed by atoms with Crippen molar-refractivity contribution < 1.29 is 0 Å². The van der Waals surface area contributed by atoms with E-state index in [2.05, 4.69) is 74.6 Å². The van der Waals surface area contributed by atoms with E-state index in [1.807, 2.05) is 11.8 Å². The van der Waals surface area contributed by atoms with Gasteiger partial charge in [-0.25, -0.2) is 0 Å². The molecule has 2 aliphatic rings. The van der Waals surface area contributed by atoms with Gasteiger partial charge in [0.15, 0.2) is 0 Å². The molecule has 0 heterocycles. The smallest absolute Gasteiger partial charge is 0.0122 e. The largest absolute Gasteiger partial charge is 0.0902 e. The van der Waals surface area contributed by atoms with Crippen LogP contribution in [0.1, 0.15) is 26.7 Å². The molecule has 3 rings (SSSR count). The van der Waals surface area contributed by atoms with E-state index in [1.54, 1.807) is 0 Å². The normalized spacial score (nSPS) is 25.1. The molecular weight excluding hydrogens is 272 g/mol. The molecule has 0 spiro atoms. The fourth-order valence-electron chi connectivity index (χ4n) is 2.97. The Morgan fingerprint density at radius 1 is 0.952 bits per heavy atom. The molecule has 0 N–H and O–H groups in total. The van der Waals surface area contributed by atoms with E-state index >= 15 is 0 Å². The molecule has 1 aromatic rings. The highest BCUT2D eigenvalue weighted by Crippen LogP contribution is 2.39. The first-order valence-electron chi connectivity index (χ1n) is 7.68. The van der Waals surface area contributed by atoms with Crippen molar-refractivity contribution in [2.75, 3.05) is 0 Å². The SMILES string of the molecule is CC1=CCC(C2C=CC(Sc3ccccc3)=C(C)C2)C=C1. The van der Waals surface area contributed by atoms with Crippen LogP contribution in [0.4, 0.5) is 0 Å². The van der Waals surface area contributed by atoms with Crippen molar-refractivity contribution in [2.45, 2.75) is 31.6 Å².